The number of aromatic amines is 1. The minimum absolute atomic E-state index is 0.0931. The molecule has 1 N–H and O–H groups in total. The lowest BCUT2D eigenvalue weighted by atomic mass is 10.0. The first-order chi connectivity index (χ1) is 12.9. The van der Waals surface area contributed by atoms with Crippen molar-refractivity contribution < 1.29 is 8.42 Å². The number of hydrogen-bond donors (Lipinski definition) is 1. The molecule has 0 fully saturated rings. The molecule has 4 rings (SSSR count). The maximum atomic E-state index is 13.0. The SMILES string of the molecule is Cn1cncc1S(=O)(=O)c1ccc2[nH]c(=O)cc(-c3cccc(Cl)c3)c2c1. The van der Waals surface area contributed by atoms with E-state index in [1.54, 1.807) is 37.4 Å². The minimum atomic E-state index is -3.75. The van der Waals surface area contributed by atoms with Gasteiger partial charge in [0.2, 0.25) is 15.4 Å². The van der Waals surface area contributed by atoms with Crippen LogP contribution >= 0.6 is 11.6 Å². The average molecular weight is 400 g/mol. The van der Waals surface area contributed by atoms with Gasteiger partial charge >= 0.3 is 0 Å². The van der Waals surface area contributed by atoms with Crippen molar-refractivity contribution in [2.45, 2.75) is 9.92 Å². The van der Waals surface area contributed by atoms with Crippen LogP contribution in [0.25, 0.3) is 22.0 Å². The number of nitrogens with zero attached hydrogens (tertiary/aromatic N) is 2. The molecule has 2 heterocycles. The third-order valence-electron chi connectivity index (χ3n) is 4.31. The molecular weight excluding hydrogens is 386 g/mol. The van der Waals surface area contributed by atoms with Gasteiger partial charge < -0.3 is 9.55 Å². The van der Waals surface area contributed by atoms with Crippen molar-refractivity contribution in [2.75, 3.05) is 0 Å². The molecular formula is C19H14ClN3O3S. The summed E-state index contributed by atoms with van der Waals surface area (Å²) >= 11 is 6.08. The number of halogens is 1. The van der Waals surface area contributed by atoms with Crippen molar-refractivity contribution in [1.82, 2.24) is 14.5 Å². The highest BCUT2D eigenvalue weighted by molar-refractivity contribution is 7.91. The maximum Gasteiger partial charge on any atom is 0.249 e. The molecule has 0 saturated carbocycles. The van der Waals surface area contributed by atoms with Gasteiger partial charge in [-0.15, -0.1) is 0 Å². The van der Waals surface area contributed by atoms with Crippen LogP contribution in [-0.4, -0.2) is 23.0 Å². The van der Waals surface area contributed by atoms with Gasteiger partial charge in [0, 0.05) is 29.0 Å². The van der Waals surface area contributed by atoms with E-state index < -0.39 is 9.84 Å². The lowest BCUT2D eigenvalue weighted by Gasteiger charge is -2.10. The molecule has 0 aliphatic rings. The Morgan fingerprint density at radius 1 is 1.11 bits per heavy atom. The largest absolute Gasteiger partial charge is 0.325 e. The van der Waals surface area contributed by atoms with Crippen molar-refractivity contribution in [3.05, 3.63) is 76.4 Å². The van der Waals surface area contributed by atoms with Crippen molar-refractivity contribution in [2.24, 2.45) is 7.05 Å². The Morgan fingerprint density at radius 3 is 2.63 bits per heavy atom. The Hall–Kier alpha value is -2.90. The first kappa shape index (κ1) is 17.5. The van der Waals surface area contributed by atoms with E-state index in [0.29, 0.717) is 21.5 Å². The Balaban J connectivity index is 2.00. The summed E-state index contributed by atoms with van der Waals surface area (Å²) in [7, 11) is -2.13. The van der Waals surface area contributed by atoms with E-state index in [1.165, 1.54) is 29.2 Å². The van der Waals surface area contributed by atoms with Crippen LogP contribution in [0.5, 0.6) is 0 Å². The second-order valence-corrected chi connectivity index (χ2v) is 8.44. The first-order valence-corrected chi connectivity index (χ1v) is 9.87. The molecule has 0 radical (unpaired) electrons. The fourth-order valence-corrected chi connectivity index (χ4v) is 4.60. The summed E-state index contributed by atoms with van der Waals surface area (Å²) in [4.78, 5) is 18.8. The van der Waals surface area contributed by atoms with Crippen LogP contribution in [0, 0.1) is 0 Å². The Bertz CT molecular complexity index is 1340. The van der Waals surface area contributed by atoms with E-state index >= 15 is 0 Å². The van der Waals surface area contributed by atoms with Gasteiger partial charge in [-0.25, -0.2) is 13.4 Å². The molecule has 2 aromatic carbocycles. The molecule has 0 saturated heterocycles. The van der Waals surface area contributed by atoms with Gasteiger partial charge in [-0.05, 0) is 41.5 Å². The standard InChI is InChI=1S/C19H14ClN3O3S/c1-23-11-21-10-19(23)27(25,26)14-5-6-17-16(8-14)15(9-18(24)22-17)12-3-2-4-13(20)7-12/h2-11H,1H3,(H,22,24). The number of hydrogen-bond acceptors (Lipinski definition) is 4. The molecule has 0 aliphatic heterocycles. The van der Waals surface area contributed by atoms with E-state index in [4.69, 9.17) is 11.6 Å². The van der Waals surface area contributed by atoms with Crippen LogP contribution < -0.4 is 5.56 Å². The van der Waals surface area contributed by atoms with E-state index in [1.807, 2.05) is 6.07 Å². The molecule has 6 nitrogen and oxygen atoms in total. The highest BCUT2D eigenvalue weighted by Gasteiger charge is 2.22. The van der Waals surface area contributed by atoms with Crippen molar-refractivity contribution in [3.63, 3.8) is 0 Å². The van der Waals surface area contributed by atoms with E-state index in [0.717, 1.165) is 5.56 Å². The van der Waals surface area contributed by atoms with Crippen molar-refractivity contribution in [3.8, 4) is 11.1 Å². The summed E-state index contributed by atoms with van der Waals surface area (Å²) in [5, 5.41) is 1.23. The number of imidazole rings is 1. The van der Waals surface area contributed by atoms with Crippen LogP contribution in [0.4, 0.5) is 0 Å². The highest BCUT2D eigenvalue weighted by atomic mass is 35.5. The van der Waals surface area contributed by atoms with Gasteiger partial charge in [0.25, 0.3) is 0 Å². The quantitative estimate of drug-likeness (QED) is 0.572. The van der Waals surface area contributed by atoms with Crippen LogP contribution in [-0.2, 0) is 16.9 Å². The number of H-pyrrole nitrogens is 1. The molecule has 0 aliphatic carbocycles. The summed E-state index contributed by atoms with van der Waals surface area (Å²) in [5.41, 5.74) is 1.60. The average Bonchev–Trinajstić information content (AvgIpc) is 3.07. The maximum absolute atomic E-state index is 13.0. The fraction of sp³-hybridized carbons (Fsp3) is 0.0526. The Labute approximate surface area is 160 Å². The number of nitrogens with one attached hydrogen (secondary N) is 1. The molecule has 0 amide bonds. The molecule has 0 unspecified atom stereocenters. The molecule has 8 heteroatoms. The predicted molar refractivity (Wildman–Crippen MR) is 104 cm³/mol. The predicted octanol–water partition coefficient (Wildman–Crippen LogP) is 3.41. The summed E-state index contributed by atoms with van der Waals surface area (Å²) in [6, 6.07) is 13.1. The van der Waals surface area contributed by atoms with Gasteiger partial charge in [0.1, 0.15) is 0 Å². The summed E-state index contributed by atoms with van der Waals surface area (Å²) < 4.78 is 27.4. The zero-order chi connectivity index (χ0) is 19.2. The molecule has 27 heavy (non-hydrogen) atoms. The normalized spacial score (nSPS) is 11.8. The Kier molecular flexibility index (Phi) is 4.13. The molecule has 136 valence electrons. The molecule has 0 bridgehead atoms. The van der Waals surface area contributed by atoms with E-state index in [9.17, 15) is 13.2 Å². The second-order valence-electron chi connectivity index (χ2n) is 6.11. The number of pyridine rings is 1. The number of benzene rings is 2. The first-order valence-electron chi connectivity index (χ1n) is 8.01. The molecule has 0 spiro atoms. The zero-order valence-corrected chi connectivity index (χ0v) is 15.8. The summed E-state index contributed by atoms with van der Waals surface area (Å²) in [6.07, 6.45) is 2.74. The van der Waals surface area contributed by atoms with Gasteiger partial charge in [-0.1, -0.05) is 23.7 Å². The zero-order valence-electron chi connectivity index (χ0n) is 14.2. The monoisotopic (exact) mass is 399 g/mol. The topological polar surface area (TPSA) is 84.8 Å². The third kappa shape index (κ3) is 3.05. The lowest BCUT2D eigenvalue weighted by Crippen LogP contribution is -2.08. The van der Waals surface area contributed by atoms with Gasteiger partial charge in [-0.2, -0.15) is 0 Å². The van der Waals surface area contributed by atoms with Crippen LogP contribution in [0.3, 0.4) is 0 Å². The van der Waals surface area contributed by atoms with E-state index in [-0.39, 0.29) is 15.5 Å². The highest BCUT2D eigenvalue weighted by Crippen LogP contribution is 2.31. The lowest BCUT2D eigenvalue weighted by molar-refractivity contribution is 0.586. The van der Waals surface area contributed by atoms with Gasteiger partial charge in [-0.3, -0.25) is 4.79 Å². The third-order valence-corrected chi connectivity index (χ3v) is 6.36. The molecule has 0 atom stereocenters. The number of rotatable bonds is 3. The number of aromatic nitrogens is 3. The summed E-state index contributed by atoms with van der Waals surface area (Å²) in [6.45, 7) is 0. The molecule has 4 aromatic rings. The van der Waals surface area contributed by atoms with Crippen LogP contribution in [0.2, 0.25) is 5.02 Å². The number of aryl methyl sites for hydroxylation is 1. The van der Waals surface area contributed by atoms with Crippen LogP contribution in [0.15, 0.2) is 75.8 Å². The molecule has 2 aromatic heterocycles. The summed E-state index contributed by atoms with van der Waals surface area (Å²) in [5.74, 6) is 0. The van der Waals surface area contributed by atoms with Gasteiger partial charge in [0.15, 0.2) is 5.03 Å². The number of fused-ring (bicyclic) bond motifs is 1. The van der Waals surface area contributed by atoms with Gasteiger partial charge in [0.05, 0.1) is 17.4 Å². The van der Waals surface area contributed by atoms with Crippen LogP contribution in [0.1, 0.15) is 0 Å². The minimum Gasteiger partial charge on any atom is -0.325 e. The smallest absolute Gasteiger partial charge is 0.249 e. The number of sulfone groups is 1. The van der Waals surface area contributed by atoms with Crippen molar-refractivity contribution in [1.29, 1.82) is 0 Å². The fourth-order valence-electron chi connectivity index (χ4n) is 3.02. The second kappa shape index (κ2) is 6.37. The van der Waals surface area contributed by atoms with Crippen molar-refractivity contribution >= 4 is 32.3 Å². The van der Waals surface area contributed by atoms with E-state index in [2.05, 4.69) is 9.97 Å². The Morgan fingerprint density at radius 2 is 1.93 bits per heavy atom.